The van der Waals surface area contributed by atoms with E-state index in [1.165, 1.54) is 0 Å². The number of ether oxygens (including phenoxy) is 1. The molecule has 0 unspecified atom stereocenters. The van der Waals surface area contributed by atoms with Gasteiger partial charge in [0.1, 0.15) is 0 Å². The van der Waals surface area contributed by atoms with Crippen LogP contribution in [0.15, 0.2) is 18.5 Å². The molecule has 1 aromatic rings. The molecule has 2 saturated heterocycles. The summed E-state index contributed by atoms with van der Waals surface area (Å²) in [6.07, 6.45) is 6.73. The molecule has 3 heterocycles. The highest BCUT2D eigenvalue weighted by Crippen LogP contribution is 2.41. The highest BCUT2D eigenvalue weighted by atomic mass is 16.5. The molecule has 136 valence electrons. The maximum Gasteiger partial charge on any atom is 0.255 e. The van der Waals surface area contributed by atoms with Crippen LogP contribution >= 0.6 is 0 Å². The van der Waals surface area contributed by atoms with Crippen LogP contribution in [0.25, 0.3) is 0 Å². The van der Waals surface area contributed by atoms with E-state index in [4.69, 9.17) is 4.74 Å². The maximum atomic E-state index is 12.9. The van der Waals surface area contributed by atoms with E-state index in [0.29, 0.717) is 31.8 Å². The third-order valence-electron chi connectivity index (χ3n) is 5.67. The highest BCUT2D eigenvalue weighted by Gasteiger charge is 2.47. The Bertz CT molecular complexity index is 649. The van der Waals surface area contributed by atoms with Crippen molar-refractivity contribution < 1.29 is 14.3 Å². The number of likely N-dealkylation sites (tertiary alicyclic amines) is 2. The van der Waals surface area contributed by atoms with Crippen LogP contribution in [0.2, 0.25) is 0 Å². The topological polar surface area (TPSA) is 62.7 Å². The maximum absolute atomic E-state index is 12.9. The standard InChI is InChI=1S/C19H27N3O3/c1-15-4-8-20-14-16(15)17(23)21-9-3-5-19(6-10-21)7-11-22(18(19)24)12-13-25-2/h4,8,14H,3,5-7,9-13H2,1-2H3/t19-/m1/s1. The summed E-state index contributed by atoms with van der Waals surface area (Å²) in [5, 5.41) is 0. The molecule has 3 rings (SSSR count). The first kappa shape index (κ1) is 17.9. The van der Waals surface area contributed by atoms with Crippen molar-refractivity contribution in [2.45, 2.75) is 32.6 Å². The van der Waals surface area contributed by atoms with Crippen molar-refractivity contribution in [1.82, 2.24) is 14.8 Å². The number of rotatable bonds is 4. The average molecular weight is 345 g/mol. The molecule has 0 N–H and O–H groups in total. The van der Waals surface area contributed by atoms with Crippen molar-refractivity contribution in [2.75, 3.05) is 39.9 Å². The summed E-state index contributed by atoms with van der Waals surface area (Å²) in [6, 6.07) is 1.86. The molecule has 2 amide bonds. The van der Waals surface area contributed by atoms with Gasteiger partial charge in [-0.15, -0.1) is 0 Å². The van der Waals surface area contributed by atoms with Crippen LogP contribution in [-0.4, -0.2) is 66.5 Å². The smallest absolute Gasteiger partial charge is 0.255 e. The minimum absolute atomic E-state index is 0.0318. The van der Waals surface area contributed by atoms with Gasteiger partial charge in [0, 0.05) is 45.7 Å². The van der Waals surface area contributed by atoms with E-state index < -0.39 is 0 Å². The van der Waals surface area contributed by atoms with Gasteiger partial charge in [-0.2, -0.15) is 0 Å². The lowest BCUT2D eigenvalue weighted by Gasteiger charge is -2.27. The molecule has 6 nitrogen and oxygen atoms in total. The average Bonchev–Trinajstić information content (AvgIpc) is 2.79. The van der Waals surface area contributed by atoms with E-state index in [-0.39, 0.29) is 17.2 Å². The van der Waals surface area contributed by atoms with Crippen molar-refractivity contribution in [1.29, 1.82) is 0 Å². The van der Waals surface area contributed by atoms with Crippen LogP contribution in [0, 0.1) is 12.3 Å². The first-order valence-corrected chi connectivity index (χ1v) is 9.06. The molecule has 0 aliphatic carbocycles. The van der Waals surface area contributed by atoms with E-state index in [9.17, 15) is 9.59 Å². The zero-order valence-electron chi connectivity index (χ0n) is 15.2. The molecule has 0 radical (unpaired) electrons. The van der Waals surface area contributed by atoms with Crippen LogP contribution in [0.1, 0.15) is 41.6 Å². The summed E-state index contributed by atoms with van der Waals surface area (Å²) in [4.78, 5) is 33.6. The Kier molecular flexibility index (Phi) is 5.37. The predicted octanol–water partition coefficient (Wildman–Crippen LogP) is 1.88. The van der Waals surface area contributed by atoms with E-state index in [1.807, 2.05) is 22.8 Å². The molecule has 6 heteroatoms. The molecule has 1 atom stereocenters. The van der Waals surface area contributed by atoms with Gasteiger partial charge in [-0.3, -0.25) is 14.6 Å². The van der Waals surface area contributed by atoms with Gasteiger partial charge in [0.25, 0.3) is 5.91 Å². The number of amides is 2. The summed E-state index contributed by atoms with van der Waals surface area (Å²) in [5.41, 5.74) is 1.33. The first-order chi connectivity index (χ1) is 12.1. The van der Waals surface area contributed by atoms with Crippen molar-refractivity contribution in [3.8, 4) is 0 Å². The summed E-state index contributed by atoms with van der Waals surface area (Å²) >= 11 is 0. The number of carbonyl (C=O) groups is 2. The summed E-state index contributed by atoms with van der Waals surface area (Å²) in [6.45, 7) is 5.32. The van der Waals surface area contributed by atoms with Crippen LogP contribution in [0.4, 0.5) is 0 Å². The van der Waals surface area contributed by atoms with Crippen LogP contribution in [0.5, 0.6) is 0 Å². The van der Waals surface area contributed by atoms with Crippen LogP contribution < -0.4 is 0 Å². The third kappa shape index (κ3) is 3.54. The van der Waals surface area contributed by atoms with Gasteiger partial charge in [0.05, 0.1) is 17.6 Å². The zero-order chi connectivity index (χ0) is 17.9. The lowest BCUT2D eigenvalue weighted by molar-refractivity contribution is -0.137. The number of methoxy groups -OCH3 is 1. The predicted molar refractivity (Wildman–Crippen MR) is 94.2 cm³/mol. The van der Waals surface area contributed by atoms with E-state index >= 15 is 0 Å². The minimum Gasteiger partial charge on any atom is -0.383 e. The van der Waals surface area contributed by atoms with E-state index in [0.717, 1.165) is 37.8 Å². The molecule has 0 aromatic carbocycles. The lowest BCUT2D eigenvalue weighted by Crippen LogP contribution is -2.37. The van der Waals surface area contributed by atoms with E-state index in [1.54, 1.807) is 19.5 Å². The van der Waals surface area contributed by atoms with Gasteiger partial charge < -0.3 is 14.5 Å². The number of aromatic nitrogens is 1. The monoisotopic (exact) mass is 345 g/mol. The Morgan fingerprint density at radius 2 is 2.08 bits per heavy atom. The second kappa shape index (κ2) is 7.52. The van der Waals surface area contributed by atoms with Gasteiger partial charge in [-0.05, 0) is 44.2 Å². The molecule has 0 bridgehead atoms. The molecule has 0 saturated carbocycles. The second-order valence-corrected chi connectivity index (χ2v) is 7.15. The molecule has 1 spiro atoms. The number of hydrogen-bond donors (Lipinski definition) is 0. The Balaban J connectivity index is 1.68. The Labute approximate surface area is 149 Å². The first-order valence-electron chi connectivity index (χ1n) is 9.06. The van der Waals surface area contributed by atoms with Crippen molar-refractivity contribution in [3.05, 3.63) is 29.6 Å². The lowest BCUT2D eigenvalue weighted by atomic mass is 9.79. The molecule has 2 aliphatic heterocycles. The van der Waals surface area contributed by atoms with Crippen molar-refractivity contribution >= 4 is 11.8 Å². The Morgan fingerprint density at radius 1 is 1.28 bits per heavy atom. The molecular formula is C19H27N3O3. The molecule has 2 aliphatic rings. The molecule has 1 aromatic heterocycles. The number of aryl methyl sites for hydroxylation is 1. The van der Waals surface area contributed by atoms with Gasteiger partial charge >= 0.3 is 0 Å². The Morgan fingerprint density at radius 3 is 2.84 bits per heavy atom. The fourth-order valence-corrected chi connectivity index (χ4v) is 4.03. The second-order valence-electron chi connectivity index (χ2n) is 7.15. The largest absolute Gasteiger partial charge is 0.383 e. The summed E-state index contributed by atoms with van der Waals surface area (Å²) in [7, 11) is 1.66. The Hall–Kier alpha value is -1.95. The van der Waals surface area contributed by atoms with E-state index in [2.05, 4.69) is 4.98 Å². The number of hydrogen-bond acceptors (Lipinski definition) is 4. The number of nitrogens with zero attached hydrogens (tertiary/aromatic N) is 3. The van der Waals surface area contributed by atoms with Crippen LogP contribution in [-0.2, 0) is 9.53 Å². The fourth-order valence-electron chi connectivity index (χ4n) is 4.03. The SMILES string of the molecule is COCCN1CC[C@]2(CCCN(C(=O)c3cnccc3C)CC2)C1=O. The van der Waals surface area contributed by atoms with Gasteiger partial charge in [-0.25, -0.2) is 0 Å². The number of carbonyl (C=O) groups excluding carboxylic acids is 2. The molecule has 2 fully saturated rings. The van der Waals surface area contributed by atoms with Crippen LogP contribution in [0.3, 0.4) is 0 Å². The van der Waals surface area contributed by atoms with Gasteiger partial charge in [0.2, 0.25) is 5.91 Å². The number of pyridine rings is 1. The zero-order valence-corrected chi connectivity index (χ0v) is 15.2. The van der Waals surface area contributed by atoms with Crippen molar-refractivity contribution in [2.24, 2.45) is 5.41 Å². The fraction of sp³-hybridized carbons (Fsp3) is 0.632. The van der Waals surface area contributed by atoms with Gasteiger partial charge in [-0.1, -0.05) is 0 Å². The normalized spacial score (nSPS) is 24.0. The summed E-state index contributed by atoms with van der Waals surface area (Å²) < 4.78 is 5.11. The summed E-state index contributed by atoms with van der Waals surface area (Å²) in [5.74, 6) is 0.278. The quantitative estimate of drug-likeness (QED) is 0.836. The molecule has 25 heavy (non-hydrogen) atoms. The van der Waals surface area contributed by atoms with Crippen molar-refractivity contribution in [3.63, 3.8) is 0 Å². The molecular weight excluding hydrogens is 318 g/mol. The third-order valence-corrected chi connectivity index (χ3v) is 5.67. The van der Waals surface area contributed by atoms with Gasteiger partial charge in [0.15, 0.2) is 0 Å². The highest BCUT2D eigenvalue weighted by molar-refractivity contribution is 5.95. The minimum atomic E-state index is -0.285.